The summed E-state index contributed by atoms with van der Waals surface area (Å²) in [7, 11) is 0. The maximum Gasteiger partial charge on any atom is 0.191 e. The summed E-state index contributed by atoms with van der Waals surface area (Å²) in [5.74, 6) is 1.19. The smallest absolute Gasteiger partial charge is 0.191 e. The summed E-state index contributed by atoms with van der Waals surface area (Å²) in [6, 6.07) is 9.82. The van der Waals surface area contributed by atoms with Crippen molar-refractivity contribution in [2.45, 2.75) is 32.8 Å². The maximum absolute atomic E-state index is 10.6. The molecule has 2 heterocycles. The minimum absolute atomic E-state index is 0. The Bertz CT molecular complexity index is 900. The van der Waals surface area contributed by atoms with Gasteiger partial charge in [-0.2, -0.15) is 0 Å². The van der Waals surface area contributed by atoms with E-state index in [1.54, 1.807) is 25.3 Å². The summed E-state index contributed by atoms with van der Waals surface area (Å²) in [5.41, 5.74) is 2.59. The topological polar surface area (TPSA) is 85.6 Å². The minimum Gasteiger partial charge on any atom is -0.466 e. The third-order valence-electron chi connectivity index (χ3n) is 4.62. The van der Waals surface area contributed by atoms with Crippen LogP contribution in [0.3, 0.4) is 0 Å². The molecule has 0 aliphatic heterocycles. The number of aliphatic hydroxyl groups is 1. The van der Waals surface area contributed by atoms with Gasteiger partial charge >= 0.3 is 0 Å². The van der Waals surface area contributed by atoms with Gasteiger partial charge in [-0.05, 0) is 56.5 Å². The number of nitrogens with one attached hydrogen (secondary N) is 3. The van der Waals surface area contributed by atoms with Gasteiger partial charge in [-0.3, -0.25) is 0 Å². The lowest BCUT2D eigenvalue weighted by Crippen LogP contribution is -2.39. The number of rotatable bonds is 7. The third-order valence-corrected chi connectivity index (χ3v) is 4.62. The van der Waals surface area contributed by atoms with Gasteiger partial charge < -0.3 is 25.1 Å². The van der Waals surface area contributed by atoms with Crippen molar-refractivity contribution in [1.82, 2.24) is 15.6 Å². The summed E-state index contributed by atoms with van der Waals surface area (Å²) >= 11 is 0. The first-order valence-electron chi connectivity index (χ1n) is 9.35. The van der Waals surface area contributed by atoms with E-state index in [1.165, 1.54) is 22.0 Å². The maximum atomic E-state index is 10.6. The van der Waals surface area contributed by atoms with Crippen molar-refractivity contribution >= 4 is 40.8 Å². The highest BCUT2D eigenvalue weighted by molar-refractivity contribution is 14.0. The van der Waals surface area contributed by atoms with Crippen molar-refractivity contribution in [3.63, 3.8) is 0 Å². The third kappa shape index (κ3) is 5.29. The highest BCUT2D eigenvalue weighted by atomic mass is 127. The van der Waals surface area contributed by atoms with Crippen molar-refractivity contribution < 1.29 is 9.52 Å². The number of nitrogens with zero attached hydrogens (tertiary/aromatic N) is 1. The van der Waals surface area contributed by atoms with Crippen molar-refractivity contribution in [1.29, 1.82) is 0 Å². The fraction of sp³-hybridized carbons (Fsp3) is 0.381. The monoisotopic (exact) mass is 496 g/mol. The summed E-state index contributed by atoms with van der Waals surface area (Å²) < 4.78 is 5.31. The van der Waals surface area contributed by atoms with Crippen LogP contribution in [0.2, 0.25) is 0 Å². The Morgan fingerprint density at radius 1 is 1.25 bits per heavy atom. The first-order chi connectivity index (χ1) is 13.0. The molecule has 0 aliphatic carbocycles. The molecule has 152 valence electrons. The molecule has 7 heteroatoms. The van der Waals surface area contributed by atoms with E-state index in [1.807, 2.05) is 6.92 Å². The molecule has 0 bridgehead atoms. The zero-order valence-corrected chi connectivity index (χ0v) is 18.9. The molecule has 4 N–H and O–H groups in total. The second-order valence-electron chi connectivity index (χ2n) is 6.93. The van der Waals surface area contributed by atoms with Gasteiger partial charge in [-0.1, -0.05) is 12.1 Å². The SMILES string of the molecule is CCNC(=NCC(C)(O)c1ccco1)NCCc1c[nH]c2cccc(C)c12.I. The largest absolute Gasteiger partial charge is 0.466 e. The number of halogens is 1. The van der Waals surface area contributed by atoms with E-state index in [9.17, 15) is 5.11 Å². The number of guanidine groups is 1. The fourth-order valence-corrected chi connectivity index (χ4v) is 3.20. The fourth-order valence-electron chi connectivity index (χ4n) is 3.20. The number of hydrogen-bond acceptors (Lipinski definition) is 3. The van der Waals surface area contributed by atoms with Crippen LogP contribution < -0.4 is 10.6 Å². The molecule has 2 aromatic heterocycles. The Morgan fingerprint density at radius 2 is 2.07 bits per heavy atom. The Balaban J connectivity index is 0.00000280. The molecule has 0 saturated carbocycles. The minimum atomic E-state index is -1.14. The van der Waals surface area contributed by atoms with Crippen molar-refractivity contribution in [2.24, 2.45) is 4.99 Å². The van der Waals surface area contributed by atoms with E-state index in [0.717, 1.165) is 19.5 Å². The number of H-pyrrole nitrogens is 1. The standard InChI is InChI=1S/C21H28N4O2.HI/c1-4-22-20(25-14-21(3,26)18-9-6-12-27-18)23-11-10-16-13-24-17-8-5-7-15(2)19(16)17;/h5-9,12-13,24,26H,4,10-11,14H2,1-3H3,(H2,22,23,25);1H. The van der Waals surface area contributed by atoms with E-state index in [0.29, 0.717) is 11.7 Å². The van der Waals surface area contributed by atoms with E-state index >= 15 is 0 Å². The van der Waals surface area contributed by atoms with Gasteiger partial charge in [0.1, 0.15) is 11.4 Å². The summed E-state index contributed by atoms with van der Waals surface area (Å²) in [6.45, 7) is 7.56. The number of aromatic amines is 1. The highest BCUT2D eigenvalue weighted by Crippen LogP contribution is 2.22. The molecule has 3 aromatic rings. The number of benzene rings is 1. The van der Waals surface area contributed by atoms with Crippen LogP contribution in [0.5, 0.6) is 0 Å². The lowest BCUT2D eigenvalue weighted by atomic mass is 10.0. The summed E-state index contributed by atoms with van der Waals surface area (Å²) in [4.78, 5) is 7.85. The zero-order valence-electron chi connectivity index (χ0n) is 16.6. The number of hydrogen-bond donors (Lipinski definition) is 4. The molecule has 0 saturated heterocycles. The normalized spacial score (nSPS) is 13.8. The highest BCUT2D eigenvalue weighted by Gasteiger charge is 2.26. The molecule has 6 nitrogen and oxygen atoms in total. The van der Waals surface area contributed by atoms with E-state index < -0.39 is 5.60 Å². The van der Waals surface area contributed by atoms with Crippen LogP contribution in [0, 0.1) is 6.92 Å². The molecular weight excluding hydrogens is 467 g/mol. The first-order valence-corrected chi connectivity index (χ1v) is 9.35. The number of fused-ring (bicyclic) bond motifs is 1. The van der Waals surface area contributed by atoms with Crippen LogP contribution in [0.4, 0.5) is 0 Å². The van der Waals surface area contributed by atoms with Gasteiger partial charge in [-0.25, -0.2) is 4.99 Å². The van der Waals surface area contributed by atoms with E-state index in [4.69, 9.17) is 4.42 Å². The summed E-state index contributed by atoms with van der Waals surface area (Å²) in [5, 5.41) is 18.4. The predicted octanol–water partition coefficient (Wildman–Crippen LogP) is 3.69. The van der Waals surface area contributed by atoms with E-state index in [2.05, 4.69) is 51.9 Å². The average molecular weight is 496 g/mol. The van der Waals surface area contributed by atoms with Gasteiger partial charge in [0.25, 0.3) is 0 Å². The van der Waals surface area contributed by atoms with Crippen molar-refractivity contribution in [3.8, 4) is 0 Å². The van der Waals surface area contributed by atoms with Gasteiger partial charge in [0.05, 0.1) is 12.8 Å². The first kappa shape index (κ1) is 22.3. The number of aryl methyl sites for hydroxylation is 1. The van der Waals surface area contributed by atoms with Gasteiger partial charge in [0.2, 0.25) is 0 Å². The molecule has 1 atom stereocenters. The van der Waals surface area contributed by atoms with Crippen LogP contribution in [0.15, 0.2) is 52.2 Å². The Hall–Kier alpha value is -2.00. The summed E-state index contributed by atoms with van der Waals surface area (Å²) in [6.07, 6.45) is 4.51. The van der Waals surface area contributed by atoms with Crippen molar-refractivity contribution in [3.05, 3.63) is 59.7 Å². The second-order valence-corrected chi connectivity index (χ2v) is 6.93. The van der Waals surface area contributed by atoms with Crippen LogP contribution in [0.1, 0.15) is 30.7 Å². The lowest BCUT2D eigenvalue weighted by molar-refractivity contribution is 0.0437. The number of aromatic nitrogens is 1. The molecular formula is C21H29IN4O2. The van der Waals surface area contributed by atoms with Gasteiger partial charge in [-0.15, -0.1) is 24.0 Å². The van der Waals surface area contributed by atoms with Crippen LogP contribution in [-0.2, 0) is 12.0 Å². The lowest BCUT2D eigenvalue weighted by Gasteiger charge is -2.19. The quantitative estimate of drug-likeness (QED) is 0.228. The van der Waals surface area contributed by atoms with Gasteiger partial charge in [0.15, 0.2) is 5.96 Å². The molecule has 3 rings (SSSR count). The number of furan rings is 1. The predicted molar refractivity (Wildman–Crippen MR) is 124 cm³/mol. The Kier molecular flexibility index (Phi) is 7.94. The molecule has 0 aliphatic rings. The molecule has 0 amide bonds. The van der Waals surface area contributed by atoms with Crippen LogP contribution in [-0.4, -0.2) is 35.7 Å². The molecule has 1 unspecified atom stereocenters. The Morgan fingerprint density at radius 3 is 2.79 bits per heavy atom. The molecule has 0 radical (unpaired) electrons. The molecule has 0 fully saturated rings. The van der Waals surface area contributed by atoms with Crippen molar-refractivity contribution in [2.75, 3.05) is 19.6 Å². The molecule has 1 aromatic carbocycles. The van der Waals surface area contributed by atoms with Crippen LogP contribution >= 0.6 is 24.0 Å². The molecule has 0 spiro atoms. The van der Waals surface area contributed by atoms with E-state index in [-0.39, 0.29) is 30.5 Å². The Labute approximate surface area is 182 Å². The number of aliphatic imine (C=N–C) groups is 1. The van der Waals surface area contributed by atoms with Crippen LogP contribution in [0.25, 0.3) is 10.9 Å². The molecule has 28 heavy (non-hydrogen) atoms. The zero-order chi connectivity index (χ0) is 19.3. The average Bonchev–Trinajstić information content (AvgIpc) is 3.31. The second kappa shape index (κ2) is 9.97. The van der Waals surface area contributed by atoms with Gasteiger partial charge in [0, 0.05) is 30.2 Å².